The fourth-order valence-electron chi connectivity index (χ4n) is 1.88. The molecule has 2 amide bonds. The van der Waals surface area contributed by atoms with Gasteiger partial charge in [0.1, 0.15) is 0 Å². The number of carbonyl (C=O) groups excluding carboxylic acids is 1. The monoisotopic (exact) mass is 272 g/mol. The van der Waals surface area contributed by atoms with Gasteiger partial charge < -0.3 is 10.6 Å². The van der Waals surface area contributed by atoms with Crippen molar-refractivity contribution in [2.75, 3.05) is 11.9 Å². The highest BCUT2D eigenvalue weighted by atomic mass is 16.2. The molecule has 2 rings (SSSR count). The first-order chi connectivity index (χ1) is 9.78. The van der Waals surface area contributed by atoms with E-state index in [0.29, 0.717) is 13.1 Å². The van der Waals surface area contributed by atoms with Crippen LogP contribution in [0.15, 0.2) is 42.7 Å². The summed E-state index contributed by atoms with van der Waals surface area (Å²) in [5.41, 5.74) is 1.89. The number of benzene rings is 1. The van der Waals surface area contributed by atoms with Gasteiger partial charge in [0, 0.05) is 24.6 Å². The number of rotatable bonds is 6. The van der Waals surface area contributed by atoms with E-state index in [9.17, 15) is 4.79 Å². The Kier molecular flexibility index (Phi) is 5.17. The van der Waals surface area contributed by atoms with Gasteiger partial charge in [-0.25, -0.2) is 4.79 Å². The molecule has 2 aromatic rings. The molecule has 0 atom stereocenters. The van der Waals surface area contributed by atoms with Crippen molar-refractivity contribution in [3.63, 3.8) is 0 Å². The van der Waals surface area contributed by atoms with Gasteiger partial charge in [-0.05, 0) is 30.2 Å². The van der Waals surface area contributed by atoms with E-state index in [2.05, 4.69) is 22.7 Å². The molecule has 0 spiro atoms. The van der Waals surface area contributed by atoms with E-state index < -0.39 is 0 Å². The zero-order valence-corrected chi connectivity index (χ0v) is 11.7. The Hall–Kier alpha value is -2.30. The smallest absolute Gasteiger partial charge is 0.319 e. The molecule has 0 unspecified atom stereocenters. The van der Waals surface area contributed by atoms with Crippen molar-refractivity contribution in [1.29, 1.82) is 0 Å². The molecular formula is C15H20N4O. The normalized spacial score (nSPS) is 10.2. The van der Waals surface area contributed by atoms with Gasteiger partial charge in [-0.3, -0.25) is 4.68 Å². The predicted octanol–water partition coefficient (Wildman–Crippen LogP) is 2.85. The summed E-state index contributed by atoms with van der Waals surface area (Å²) in [6, 6.07) is 9.52. The summed E-state index contributed by atoms with van der Waals surface area (Å²) in [4.78, 5) is 11.7. The molecule has 0 fully saturated rings. The molecule has 1 aromatic heterocycles. The first-order valence-corrected chi connectivity index (χ1v) is 6.89. The minimum atomic E-state index is -0.158. The molecule has 0 bridgehead atoms. The second-order valence-electron chi connectivity index (χ2n) is 4.64. The zero-order chi connectivity index (χ0) is 14.2. The Morgan fingerprint density at radius 2 is 2.25 bits per heavy atom. The van der Waals surface area contributed by atoms with E-state index >= 15 is 0 Å². The van der Waals surface area contributed by atoms with E-state index in [1.807, 2.05) is 41.2 Å². The molecule has 0 aliphatic carbocycles. The Morgan fingerprint density at radius 3 is 3.00 bits per heavy atom. The predicted molar refractivity (Wildman–Crippen MR) is 79.7 cm³/mol. The summed E-state index contributed by atoms with van der Waals surface area (Å²) in [6.07, 6.45) is 5.73. The lowest BCUT2D eigenvalue weighted by Gasteiger charge is -2.09. The van der Waals surface area contributed by atoms with Crippen LogP contribution in [0.4, 0.5) is 10.5 Å². The Bertz CT molecular complexity index is 537. The minimum absolute atomic E-state index is 0.158. The van der Waals surface area contributed by atoms with Gasteiger partial charge in [0.25, 0.3) is 0 Å². The highest BCUT2D eigenvalue weighted by Gasteiger charge is 2.02. The number of unbranched alkanes of at least 4 members (excludes halogenated alkanes) is 1. The molecule has 0 radical (unpaired) electrons. The van der Waals surface area contributed by atoms with Crippen LogP contribution >= 0.6 is 0 Å². The SMILES string of the molecule is CCCCNC(=O)Nc1cccc(Cn2cccn2)c1. The third-order valence-electron chi connectivity index (χ3n) is 2.90. The standard InChI is InChI=1S/C15H20N4O/c1-2-3-8-16-15(20)18-14-7-4-6-13(11-14)12-19-10-5-9-17-19/h4-7,9-11H,2-3,8,12H2,1H3,(H2,16,18,20). The number of hydrogen-bond donors (Lipinski definition) is 2. The number of nitrogens with zero attached hydrogens (tertiary/aromatic N) is 2. The third-order valence-corrected chi connectivity index (χ3v) is 2.90. The second kappa shape index (κ2) is 7.33. The van der Waals surface area contributed by atoms with Crippen LogP contribution in [-0.2, 0) is 6.54 Å². The van der Waals surface area contributed by atoms with Gasteiger partial charge in [-0.1, -0.05) is 25.5 Å². The number of carbonyl (C=O) groups is 1. The number of urea groups is 1. The number of hydrogen-bond acceptors (Lipinski definition) is 2. The first kappa shape index (κ1) is 14.1. The van der Waals surface area contributed by atoms with Crippen molar-refractivity contribution in [1.82, 2.24) is 15.1 Å². The van der Waals surface area contributed by atoms with Crippen molar-refractivity contribution in [3.8, 4) is 0 Å². The molecule has 5 nitrogen and oxygen atoms in total. The summed E-state index contributed by atoms with van der Waals surface area (Å²) in [7, 11) is 0. The fraction of sp³-hybridized carbons (Fsp3) is 0.333. The maximum absolute atomic E-state index is 11.7. The van der Waals surface area contributed by atoms with E-state index in [-0.39, 0.29) is 6.03 Å². The van der Waals surface area contributed by atoms with E-state index in [1.54, 1.807) is 6.20 Å². The highest BCUT2D eigenvalue weighted by molar-refractivity contribution is 5.89. The first-order valence-electron chi connectivity index (χ1n) is 6.89. The van der Waals surface area contributed by atoms with Crippen LogP contribution in [0.5, 0.6) is 0 Å². The average molecular weight is 272 g/mol. The second-order valence-corrected chi connectivity index (χ2v) is 4.64. The topological polar surface area (TPSA) is 59.0 Å². The van der Waals surface area contributed by atoms with Crippen molar-refractivity contribution >= 4 is 11.7 Å². The molecule has 0 aliphatic heterocycles. The van der Waals surface area contributed by atoms with Crippen LogP contribution in [0, 0.1) is 0 Å². The molecule has 1 heterocycles. The molecular weight excluding hydrogens is 252 g/mol. The van der Waals surface area contributed by atoms with Crippen molar-refractivity contribution in [2.24, 2.45) is 0 Å². The van der Waals surface area contributed by atoms with Crippen LogP contribution in [0.3, 0.4) is 0 Å². The van der Waals surface area contributed by atoms with E-state index in [4.69, 9.17) is 0 Å². The largest absolute Gasteiger partial charge is 0.338 e. The van der Waals surface area contributed by atoms with Gasteiger partial charge in [0.2, 0.25) is 0 Å². The fourth-order valence-corrected chi connectivity index (χ4v) is 1.88. The summed E-state index contributed by atoms with van der Waals surface area (Å²) in [6.45, 7) is 3.49. The molecule has 0 saturated heterocycles. The summed E-state index contributed by atoms with van der Waals surface area (Å²) >= 11 is 0. The average Bonchev–Trinajstić information content (AvgIpc) is 2.92. The maximum Gasteiger partial charge on any atom is 0.319 e. The quantitative estimate of drug-likeness (QED) is 0.794. The lowest BCUT2D eigenvalue weighted by Crippen LogP contribution is -2.29. The van der Waals surface area contributed by atoms with Gasteiger partial charge >= 0.3 is 6.03 Å². The molecule has 106 valence electrons. The van der Waals surface area contributed by atoms with Gasteiger partial charge in [-0.15, -0.1) is 0 Å². The Balaban J connectivity index is 1.90. The van der Waals surface area contributed by atoms with E-state index in [0.717, 1.165) is 24.1 Å². The summed E-state index contributed by atoms with van der Waals surface area (Å²) < 4.78 is 1.85. The number of nitrogens with one attached hydrogen (secondary N) is 2. The number of anilines is 1. The van der Waals surface area contributed by atoms with Crippen molar-refractivity contribution < 1.29 is 4.79 Å². The van der Waals surface area contributed by atoms with Gasteiger partial charge in [-0.2, -0.15) is 5.10 Å². The van der Waals surface area contributed by atoms with Crippen LogP contribution < -0.4 is 10.6 Å². The number of aromatic nitrogens is 2. The number of amides is 2. The van der Waals surface area contributed by atoms with Crippen LogP contribution in [0.1, 0.15) is 25.3 Å². The maximum atomic E-state index is 11.7. The molecule has 5 heteroatoms. The lowest BCUT2D eigenvalue weighted by atomic mass is 10.2. The zero-order valence-electron chi connectivity index (χ0n) is 11.7. The van der Waals surface area contributed by atoms with Crippen molar-refractivity contribution in [2.45, 2.75) is 26.3 Å². The van der Waals surface area contributed by atoms with Crippen molar-refractivity contribution in [3.05, 3.63) is 48.3 Å². The Morgan fingerprint density at radius 1 is 1.35 bits per heavy atom. The molecule has 1 aromatic carbocycles. The third kappa shape index (κ3) is 4.42. The van der Waals surface area contributed by atoms with E-state index in [1.165, 1.54) is 0 Å². The summed E-state index contributed by atoms with van der Waals surface area (Å²) in [5.74, 6) is 0. The highest BCUT2D eigenvalue weighted by Crippen LogP contribution is 2.11. The van der Waals surface area contributed by atoms with Crippen LogP contribution in [-0.4, -0.2) is 22.4 Å². The minimum Gasteiger partial charge on any atom is -0.338 e. The molecule has 0 aliphatic rings. The molecule has 2 N–H and O–H groups in total. The van der Waals surface area contributed by atoms with Crippen LogP contribution in [0.25, 0.3) is 0 Å². The Labute approximate surface area is 119 Å². The molecule has 20 heavy (non-hydrogen) atoms. The lowest BCUT2D eigenvalue weighted by molar-refractivity contribution is 0.252. The van der Waals surface area contributed by atoms with Crippen LogP contribution in [0.2, 0.25) is 0 Å². The molecule has 0 saturated carbocycles. The van der Waals surface area contributed by atoms with Gasteiger partial charge in [0.15, 0.2) is 0 Å². The van der Waals surface area contributed by atoms with Gasteiger partial charge in [0.05, 0.1) is 6.54 Å². The summed E-state index contributed by atoms with van der Waals surface area (Å²) in [5, 5.41) is 9.84.